The highest BCUT2D eigenvalue weighted by Crippen LogP contribution is 2.29. The summed E-state index contributed by atoms with van der Waals surface area (Å²) in [6.45, 7) is 4.29. The van der Waals surface area contributed by atoms with Gasteiger partial charge in [-0.2, -0.15) is 4.31 Å². The molecule has 116 valence electrons. The van der Waals surface area contributed by atoms with Crippen molar-refractivity contribution in [1.29, 1.82) is 0 Å². The average molecular weight is 308 g/mol. The van der Waals surface area contributed by atoms with Gasteiger partial charge in [-0.3, -0.25) is 0 Å². The Morgan fingerprint density at radius 3 is 2.48 bits per heavy atom. The van der Waals surface area contributed by atoms with E-state index in [2.05, 4.69) is 5.32 Å². The van der Waals surface area contributed by atoms with Crippen LogP contribution in [-0.4, -0.2) is 38.4 Å². The van der Waals surface area contributed by atoms with Crippen molar-refractivity contribution in [3.63, 3.8) is 0 Å². The van der Waals surface area contributed by atoms with Gasteiger partial charge in [-0.25, -0.2) is 8.42 Å². The third kappa shape index (κ3) is 3.00. The molecular weight excluding hydrogens is 284 g/mol. The molecule has 1 N–H and O–H groups in total. The SMILES string of the molecule is Cc1ccccc1S(=O)(=O)N1CCC(C2CCCN2)CC1. The van der Waals surface area contributed by atoms with Crippen molar-refractivity contribution in [2.24, 2.45) is 5.92 Å². The van der Waals surface area contributed by atoms with E-state index in [-0.39, 0.29) is 0 Å². The average Bonchev–Trinajstić information content (AvgIpc) is 3.02. The number of aryl methyl sites for hydroxylation is 1. The summed E-state index contributed by atoms with van der Waals surface area (Å²) < 4.78 is 27.2. The number of hydrogen-bond donors (Lipinski definition) is 1. The molecule has 3 rings (SSSR count). The molecule has 0 amide bonds. The maximum atomic E-state index is 12.7. The Kier molecular flexibility index (Phi) is 4.33. The molecule has 2 heterocycles. The fourth-order valence-electron chi connectivity index (χ4n) is 3.62. The van der Waals surface area contributed by atoms with Crippen molar-refractivity contribution in [2.75, 3.05) is 19.6 Å². The van der Waals surface area contributed by atoms with Gasteiger partial charge >= 0.3 is 0 Å². The van der Waals surface area contributed by atoms with Gasteiger partial charge in [0.25, 0.3) is 0 Å². The van der Waals surface area contributed by atoms with E-state index in [0.29, 0.717) is 29.9 Å². The molecule has 1 aromatic rings. The van der Waals surface area contributed by atoms with Gasteiger partial charge in [-0.1, -0.05) is 18.2 Å². The second kappa shape index (κ2) is 6.07. The Hall–Kier alpha value is -0.910. The van der Waals surface area contributed by atoms with Gasteiger partial charge in [-0.15, -0.1) is 0 Å². The van der Waals surface area contributed by atoms with E-state index in [1.807, 2.05) is 19.1 Å². The van der Waals surface area contributed by atoms with Gasteiger partial charge < -0.3 is 5.32 Å². The Morgan fingerprint density at radius 1 is 1.14 bits per heavy atom. The Bertz CT molecular complexity index is 586. The van der Waals surface area contributed by atoms with Crippen LogP contribution in [0.3, 0.4) is 0 Å². The summed E-state index contributed by atoms with van der Waals surface area (Å²) in [7, 11) is -3.33. The predicted octanol–water partition coefficient (Wildman–Crippen LogP) is 2.15. The van der Waals surface area contributed by atoms with Crippen molar-refractivity contribution in [1.82, 2.24) is 9.62 Å². The fraction of sp³-hybridized carbons (Fsp3) is 0.625. The third-order valence-electron chi connectivity index (χ3n) is 4.88. The minimum atomic E-state index is -3.33. The fourth-order valence-corrected chi connectivity index (χ4v) is 5.31. The number of sulfonamides is 1. The highest BCUT2D eigenvalue weighted by atomic mass is 32.2. The zero-order valence-electron chi connectivity index (χ0n) is 12.6. The van der Waals surface area contributed by atoms with E-state index in [0.717, 1.165) is 24.9 Å². The van der Waals surface area contributed by atoms with Crippen LogP contribution in [0.2, 0.25) is 0 Å². The molecule has 1 unspecified atom stereocenters. The first-order valence-electron chi connectivity index (χ1n) is 7.88. The van der Waals surface area contributed by atoms with Gasteiger partial charge in [0.15, 0.2) is 0 Å². The highest BCUT2D eigenvalue weighted by molar-refractivity contribution is 7.89. The lowest BCUT2D eigenvalue weighted by Crippen LogP contribution is -2.43. The molecule has 5 heteroatoms. The maximum absolute atomic E-state index is 12.7. The molecule has 1 atom stereocenters. The first kappa shape index (κ1) is 15.0. The number of hydrogen-bond acceptors (Lipinski definition) is 3. The first-order valence-corrected chi connectivity index (χ1v) is 9.32. The van der Waals surface area contributed by atoms with Crippen molar-refractivity contribution < 1.29 is 8.42 Å². The highest BCUT2D eigenvalue weighted by Gasteiger charge is 2.33. The molecule has 0 spiro atoms. The Morgan fingerprint density at radius 2 is 1.86 bits per heavy atom. The molecule has 2 saturated heterocycles. The van der Waals surface area contributed by atoms with Crippen molar-refractivity contribution in [2.45, 2.75) is 43.5 Å². The second-order valence-electron chi connectivity index (χ2n) is 6.21. The molecule has 2 aliphatic rings. The van der Waals surface area contributed by atoms with Crippen molar-refractivity contribution >= 4 is 10.0 Å². The molecule has 21 heavy (non-hydrogen) atoms. The van der Waals surface area contributed by atoms with E-state index in [9.17, 15) is 8.42 Å². The third-order valence-corrected chi connectivity index (χ3v) is 6.94. The lowest BCUT2D eigenvalue weighted by molar-refractivity contribution is 0.234. The monoisotopic (exact) mass is 308 g/mol. The topological polar surface area (TPSA) is 49.4 Å². The van der Waals surface area contributed by atoms with Gasteiger partial charge in [0.1, 0.15) is 0 Å². The minimum Gasteiger partial charge on any atom is -0.314 e. The summed E-state index contributed by atoms with van der Waals surface area (Å²) in [6.07, 6.45) is 4.45. The Labute approximate surface area is 127 Å². The minimum absolute atomic E-state index is 0.461. The summed E-state index contributed by atoms with van der Waals surface area (Å²) in [5, 5.41) is 3.55. The van der Waals surface area contributed by atoms with Gasteiger partial charge in [0.05, 0.1) is 4.90 Å². The molecular formula is C16H24N2O2S. The molecule has 0 bridgehead atoms. The molecule has 0 aliphatic carbocycles. The Balaban J connectivity index is 1.70. The lowest BCUT2D eigenvalue weighted by atomic mass is 9.89. The van der Waals surface area contributed by atoms with Crippen LogP contribution in [0.1, 0.15) is 31.2 Å². The van der Waals surface area contributed by atoms with Crippen LogP contribution < -0.4 is 5.32 Å². The van der Waals surface area contributed by atoms with E-state index in [1.165, 1.54) is 12.8 Å². The number of nitrogens with one attached hydrogen (secondary N) is 1. The largest absolute Gasteiger partial charge is 0.314 e. The van der Waals surface area contributed by atoms with Crippen LogP contribution in [0.5, 0.6) is 0 Å². The van der Waals surface area contributed by atoms with Crippen LogP contribution in [0.15, 0.2) is 29.2 Å². The lowest BCUT2D eigenvalue weighted by Gasteiger charge is -2.34. The quantitative estimate of drug-likeness (QED) is 0.931. The van der Waals surface area contributed by atoms with E-state index in [1.54, 1.807) is 16.4 Å². The number of rotatable bonds is 3. The van der Waals surface area contributed by atoms with Crippen LogP contribution in [0.4, 0.5) is 0 Å². The summed E-state index contributed by atoms with van der Waals surface area (Å²) in [5.41, 5.74) is 0.831. The summed E-state index contributed by atoms with van der Waals surface area (Å²) in [5.74, 6) is 0.635. The molecule has 0 aromatic heterocycles. The summed E-state index contributed by atoms with van der Waals surface area (Å²) >= 11 is 0. The van der Waals surface area contributed by atoms with E-state index in [4.69, 9.17) is 0 Å². The van der Waals surface area contributed by atoms with Gasteiger partial charge in [-0.05, 0) is 56.7 Å². The molecule has 2 fully saturated rings. The van der Waals surface area contributed by atoms with Crippen LogP contribution >= 0.6 is 0 Å². The predicted molar refractivity (Wildman–Crippen MR) is 83.7 cm³/mol. The van der Waals surface area contributed by atoms with Gasteiger partial charge in [0, 0.05) is 19.1 Å². The standard InChI is InChI=1S/C16H24N2O2S/c1-13-5-2-3-7-16(13)21(19,20)18-11-8-14(9-12-18)15-6-4-10-17-15/h2-3,5,7,14-15,17H,4,6,8-12H2,1H3. The summed E-state index contributed by atoms with van der Waals surface area (Å²) in [6, 6.07) is 7.87. The first-order chi connectivity index (χ1) is 10.1. The van der Waals surface area contributed by atoms with E-state index < -0.39 is 10.0 Å². The molecule has 4 nitrogen and oxygen atoms in total. The smallest absolute Gasteiger partial charge is 0.243 e. The maximum Gasteiger partial charge on any atom is 0.243 e. The zero-order valence-corrected chi connectivity index (χ0v) is 13.4. The van der Waals surface area contributed by atoms with E-state index >= 15 is 0 Å². The molecule has 0 radical (unpaired) electrons. The van der Waals surface area contributed by atoms with Crippen LogP contribution in [-0.2, 0) is 10.0 Å². The van der Waals surface area contributed by atoms with Crippen LogP contribution in [0, 0.1) is 12.8 Å². The number of nitrogens with zero attached hydrogens (tertiary/aromatic N) is 1. The molecule has 1 aromatic carbocycles. The van der Waals surface area contributed by atoms with Crippen molar-refractivity contribution in [3.8, 4) is 0 Å². The zero-order chi connectivity index (χ0) is 14.9. The van der Waals surface area contributed by atoms with Crippen molar-refractivity contribution in [3.05, 3.63) is 29.8 Å². The molecule has 0 saturated carbocycles. The summed E-state index contributed by atoms with van der Waals surface area (Å²) in [4.78, 5) is 0.461. The molecule has 2 aliphatic heterocycles. The number of piperidine rings is 1. The number of benzene rings is 1. The second-order valence-corrected chi connectivity index (χ2v) is 8.12. The van der Waals surface area contributed by atoms with Crippen LogP contribution in [0.25, 0.3) is 0 Å². The van der Waals surface area contributed by atoms with Gasteiger partial charge in [0.2, 0.25) is 10.0 Å². The normalized spacial score (nSPS) is 25.3.